The molecule has 2 aromatic rings. The molecule has 2 atom stereocenters. The molecule has 3 rings (SSSR count). The minimum absolute atomic E-state index is 0.249. The van der Waals surface area contributed by atoms with Gasteiger partial charge in [-0.05, 0) is 80.0 Å². The molecule has 0 aliphatic heterocycles. The first-order valence-electron chi connectivity index (χ1n) is 10.9. The van der Waals surface area contributed by atoms with Crippen molar-refractivity contribution in [1.82, 2.24) is 4.98 Å². The van der Waals surface area contributed by atoms with E-state index in [9.17, 15) is 19.7 Å². The highest BCUT2D eigenvalue weighted by molar-refractivity contribution is 6.03. The van der Waals surface area contributed by atoms with E-state index < -0.39 is 12.1 Å². The maximum atomic E-state index is 13.1. The number of pyridine rings is 1. The predicted octanol–water partition coefficient (Wildman–Crippen LogP) is 5.94. The highest BCUT2D eigenvalue weighted by Gasteiger charge is 2.43. The van der Waals surface area contributed by atoms with Crippen molar-refractivity contribution >= 4 is 33.8 Å². The van der Waals surface area contributed by atoms with Crippen LogP contribution in [0.2, 0.25) is 0 Å². The number of aromatic nitrogens is 1. The largest absolute Gasteiger partial charge is 0.411 e. The molecule has 2 N–H and O–H groups in total. The number of anilines is 1. The first-order chi connectivity index (χ1) is 15.9. The Hall–Kier alpha value is -3.79. The number of carbonyl (C=O) groups excluding carboxylic acids is 1. The fourth-order valence-corrected chi connectivity index (χ4v) is 3.80. The smallest absolute Gasteiger partial charge is 0.231 e. The number of halogens is 1. The molecule has 0 bridgehead atoms. The summed E-state index contributed by atoms with van der Waals surface area (Å²) in [5, 5.41) is 26.7. The van der Waals surface area contributed by atoms with Crippen LogP contribution in [0.3, 0.4) is 0 Å². The SMILES string of the molecule is C/C=C(\C=C(C)/C(=C\C)c1cc2cnc(NC(=O)C3CC3F)cc2cc1C#N)C(/CC)=N\O. The maximum absolute atomic E-state index is 13.1. The van der Waals surface area contributed by atoms with E-state index in [-0.39, 0.29) is 12.3 Å². The van der Waals surface area contributed by atoms with Crippen molar-refractivity contribution in [1.29, 1.82) is 5.26 Å². The third-order valence-electron chi connectivity index (χ3n) is 5.75. The summed E-state index contributed by atoms with van der Waals surface area (Å²) in [6, 6.07) is 7.61. The fraction of sp³-hybridized carbons (Fsp3) is 0.308. The number of amides is 1. The fourth-order valence-electron chi connectivity index (χ4n) is 3.80. The van der Waals surface area contributed by atoms with E-state index in [0.717, 1.165) is 33.1 Å². The Kier molecular flexibility index (Phi) is 7.39. The second-order valence-corrected chi connectivity index (χ2v) is 7.95. The average Bonchev–Trinajstić information content (AvgIpc) is 3.55. The first-order valence-corrected chi connectivity index (χ1v) is 10.9. The number of nitriles is 1. The number of nitrogens with one attached hydrogen (secondary N) is 1. The van der Waals surface area contributed by atoms with E-state index in [0.29, 0.717) is 23.5 Å². The molecule has 1 aliphatic rings. The van der Waals surface area contributed by atoms with Crippen molar-refractivity contribution in [3.05, 3.63) is 64.9 Å². The second kappa shape index (κ2) is 10.2. The number of nitrogens with zero attached hydrogens (tertiary/aromatic N) is 3. The van der Waals surface area contributed by atoms with Crippen LogP contribution < -0.4 is 5.32 Å². The molecule has 1 fully saturated rings. The summed E-state index contributed by atoms with van der Waals surface area (Å²) < 4.78 is 13.1. The molecule has 7 heteroatoms. The number of hydrogen-bond acceptors (Lipinski definition) is 5. The standard InChI is InChI=1S/C26H27FN4O2/c1-5-16(24(7-3)31-33)8-15(4)20(6-2)21-10-19-14-29-25(11-17(19)9-18(21)13-28)30-26(32)22-12-23(22)27/h5-6,8-11,14,22-23,33H,7,12H2,1-4H3,(H,29,30,32)/b15-8-,16-5+,20-6+,31-24-. The zero-order valence-electron chi connectivity index (χ0n) is 19.2. The normalized spacial score (nSPS) is 19.4. The van der Waals surface area contributed by atoms with E-state index in [1.165, 1.54) is 0 Å². The van der Waals surface area contributed by atoms with Gasteiger partial charge in [0.1, 0.15) is 12.0 Å². The van der Waals surface area contributed by atoms with Crippen LogP contribution in [-0.4, -0.2) is 28.0 Å². The molecule has 1 aromatic carbocycles. The minimum atomic E-state index is -1.08. The highest BCUT2D eigenvalue weighted by Crippen LogP contribution is 2.35. The van der Waals surface area contributed by atoms with Crippen molar-refractivity contribution in [2.75, 3.05) is 5.32 Å². The number of carbonyl (C=O) groups is 1. The van der Waals surface area contributed by atoms with Gasteiger partial charge in [0.15, 0.2) is 0 Å². The van der Waals surface area contributed by atoms with Crippen LogP contribution in [0.4, 0.5) is 10.2 Å². The first kappa shape index (κ1) is 23.9. The van der Waals surface area contributed by atoms with Gasteiger partial charge >= 0.3 is 0 Å². The van der Waals surface area contributed by atoms with Gasteiger partial charge in [-0.2, -0.15) is 5.26 Å². The summed E-state index contributed by atoms with van der Waals surface area (Å²) in [5.41, 5.74) is 4.41. The number of oxime groups is 1. The number of hydrogen-bond donors (Lipinski definition) is 2. The van der Waals surface area contributed by atoms with Crippen LogP contribution in [0, 0.1) is 17.2 Å². The summed E-state index contributed by atoms with van der Waals surface area (Å²) in [6.45, 7) is 7.65. The van der Waals surface area contributed by atoms with Crippen LogP contribution in [0.15, 0.2) is 58.9 Å². The Morgan fingerprint density at radius 2 is 2.06 bits per heavy atom. The van der Waals surface area contributed by atoms with Gasteiger partial charge in [-0.15, -0.1) is 0 Å². The van der Waals surface area contributed by atoms with Crippen molar-refractivity contribution in [2.24, 2.45) is 11.1 Å². The molecule has 0 radical (unpaired) electrons. The Labute approximate surface area is 192 Å². The molecule has 1 aromatic heterocycles. The number of allylic oxidation sites excluding steroid dienone is 6. The van der Waals surface area contributed by atoms with Gasteiger partial charge in [0.05, 0.1) is 23.3 Å². The third kappa shape index (κ3) is 5.17. The Bertz CT molecular complexity index is 1250. The van der Waals surface area contributed by atoms with Crippen LogP contribution in [0.1, 0.15) is 51.7 Å². The molecule has 1 aliphatic carbocycles. The lowest BCUT2D eigenvalue weighted by molar-refractivity contribution is -0.117. The van der Waals surface area contributed by atoms with Crippen LogP contribution >= 0.6 is 0 Å². The van der Waals surface area contributed by atoms with Gasteiger partial charge in [-0.1, -0.05) is 24.2 Å². The number of benzene rings is 1. The lowest BCUT2D eigenvalue weighted by Gasteiger charge is -2.14. The topological polar surface area (TPSA) is 98.4 Å². The monoisotopic (exact) mass is 446 g/mol. The predicted molar refractivity (Wildman–Crippen MR) is 129 cm³/mol. The van der Waals surface area contributed by atoms with E-state index in [1.54, 1.807) is 18.3 Å². The van der Waals surface area contributed by atoms with E-state index in [2.05, 4.69) is 21.5 Å². The van der Waals surface area contributed by atoms with Gasteiger partial charge in [-0.25, -0.2) is 9.37 Å². The van der Waals surface area contributed by atoms with Crippen molar-refractivity contribution in [2.45, 2.75) is 46.7 Å². The highest BCUT2D eigenvalue weighted by atomic mass is 19.1. The van der Waals surface area contributed by atoms with Crippen molar-refractivity contribution in [3.63, 3.8) is 0 Å². The third-order valence-corrected chi connectivity index (χ3v) is 5.75. The summed E-state index contributed by atoms with van der Waals surface area (Å²) in [6.07, 6.45) is 7.15. The molecule has 170 valence electrons. The van der Waals surface area contributed by atoms with Crippen LogP contribution in [0.25, 0.3) is 16.3 Å². The zero-order chi connectivity index (χ0) is 24.1. The molecular weight excluding hydrogens is 419 g/mol. The van der Waals surface area contributed by atoms with Crippen molar-refractivity contribution < 1.29 is 14.4 Å². The molecule has 1 heterocycles. The lowest BCUT2D eigenvalue weighted by atomic mass is 9.91. The number of fused-ring (bicyclic) bond motifs is 1. The Morgan fingerprint density at radius 1 is 1.33 bits per heavy atom. The van der Waals surface area contributed by atoms with Crippen LogP contribution in [-0.2, 0) is 4.79 Å². The zero-order valence-corrected chi connectivity index (χ0v) is 19.2. The lowest BCUT2D eigenvalue weighted by Crippen LogP contribution is -2.15. The summed E-state index contributed by atoms with van der Waals surface area (Å²) in [7, 11) is 0. The van der Waals surface area contributed by atoms with Gasteiger partial charge < -0.3 is 10.5 Å². The van der Waals surface area contributed by atoms with Gasteiger partial charge in [-0.3, -0.25) is 4.79 Å². The summed E-state index contributed by atoms with van der Waals surface area (Å²) in [4.78, 5) is 16.3. The Morgan fingerprint density at radius 3 is 2.61 bits per heavy atom. The molecule has 1 saturated carbocycles. The number of alkyl halides is 1. The quantitative estimate of drug-likeness (QED) is 0.238. The minimum Gasteiger partial charge on any atom is -0.411 e. The summed E-state index contributed by atoms with van der Waals surface area (Å²) >= 11 is 0. The van der Waals surface area contributed by atoms with Gasteiger partial charge in [0.25, 0.3) is 0 Å². The molecule has 33 heavy (non-hydrogen) atoms. The summed E-state index contributed by atoms with van der Waals surface area (Å²) in [5.74, 6) is -0.641. The number of rotatable bonds is 7. The van der Waals surface area contributed by atoms with Crippen LogP contribution in [0.5, 0.6) is 0 Å². The van der Waals surface area contributed by atoms with Gasteiger partial charge in [0.2, 0.25) is 5.91 Å². The molecule has 2 unspecified atom stereocenters. The molecular formula is C26H27FN4O2. The second-order valence-electron chi connectivity index (χ2n) is 7.95. The van der Waals surface area contributed by atoms with E-state index in [4.69, 9.17) is 0 Å². The molecule has 1 amide bonds. The molecule has 0 saturated heterocycles. The molecule has 0 spiro atoms. The molecule has 6 nitrogen and oxygen atoms in total. The Balaban J connectivity index is 1.99. The van der Waals surface area contributed by atoms with E-state index >= 15 is 0 Å². The van der Waals surface area contributed by atoms with Crippen molar-refractivity contribution in [3.8, 4) is 6.07 Å². The maximum Gasteiger partial charge on any atom is 0.231 e. The van der Waals surface area contributed by atoms with Gasteiger partial charge in [0, 0.05) is 17.1 Å². The average molecular weight is 447 g/mol. The van der Waals surface area contributed by atoms with E-state index in [1.807, 2.05) is 52.0 Å².